The Bertz CT molecular complexity index is 1730. The van der Waals surface area contributed by atoms with Gasteiger partial charge in [0.15, 0.2) is 5.78 Å². The second-order valence-electron chi connectivity index (χ2n) is 10.3. The number of rotatable bonds is 5. The maximum absolute atomic E-state index is 14.3. The van der Waals surface area contributed by atoms with E-state index in [-0.39, 0.29) is 11.7 Å². The topological polar surface area (TPSA) is 76.1 Å². The number of carbonyl (C=O) groups is 3. The first-order valence-corrected chi connectivity index (χ1v) is 13.2. The molecular weight excluding hydrogens is 504 g/mol. The van der Waals surface area contributed by atoms with E-state index in [1.54, 1.807) is 30.3 Å². The van der Waals surface area contributed by atoms with Crippen LogP contribution in [0, 0.1) is 11.8 Å². The molecule has 4 aromatic carbocycles. The molecule has 7 nitrogen and oxygen atoms in total. The maximum Gasteiger partial charge on any atom is 0.240 e. The Labute approximate surface area is 231 Å². The highest BCUT2D eigenvalue weighted by Gasteiger charge is 2.64. The van der Waals surface area contributed by atoms with Crippen LogP contribution in [0.2, 0.25) is 0 Å². The second-order valence-corrected chi connectivity index (χ2v) is 10.3. The number of benzene rings is 4. The van der Waals surface area contributed by atoms with Crippen LogP contribution in [0.5, 0.6) is 11.5 Å². The third-order valence-corrected chi connectivity index (χ3v) is 8.37. The molecule has 4 atom stereocenters. The number of carbonyl (C=O) groups excluding carboxylic acids is 3. The third kappa shape index (κ3) is 3.33. The number of hydrogen-bond acceptors (Lipinski definition) is 6. The van der Waals surface area contributed by atoms with Gasteiger partial charge in [-0.1, -0.05) is 72.8 Å². The van der Waals surface area contributed by atoms with Crippen LogP contribution in [-0.4, -0.2) is 43.9 Å². The molecule has 0 aliphatic carbocycles. The minimum Gasteiger partial charge on any atom is -0.497 e. The first kappa shape index (κ1) is 24.2. The van der Waals surface area contributed by atoms with Crippen molar-refractivity contribution in [3.63, 3.8) is 0 Å². The van der Waals surface area contributed by atoms with E-state index < -0.39 is 29.8 Å². The van der Waals surface area contributed by atoms with Crippen LogP contribution in [0.3, 0.4) is 0 Å². The molecule has 3 aliphatic rings. The highest BCUT2D eigenvalue weighted by atomic mass is 16.5. The molecular formula is C33H26N2O5. The van der Waals surface area contributed by atoms with Gasteiger partial charge < -0.3 is 14.4 Å². The number of ketones is 1. The molecule has 4 aromatic rings. The van der Waals surface area contributed by atoms with Crippen molar-refractivity contribution in [1.29, 1.82) is 0 Å². The summed E-state index contributed by atoms with van der Waals surface area (Å²) in [5, 5.41) is 2.14. The molecule has 0 bridgehead atoms. The summed E-state index contributed by atoms with van der Waals surface area (Å²) in [6.07, 6.45) is 4.00. The van der Waals surface area contributed by atoms with Crippen molar-refractivity contribution >= 4 is 45.8 Å². The van der Waals surface area contributed by atoms with Crippen molar-refractivity contribution in [2.45, 2.75) is 12.1 Å². The summed E-state index contributed by atoms with van der Waals surface area (Å²) in [5.41, 5.74) is 2.64. The van der Waals surface area contributed by atoms with Crippen LogP contribution in [0.15, 0.2) is 91.0 Å². The number of methoxy groups -OCH3 is 2. The maximum atomic E-state index is 14.3. The van der Waals surface area contributed by atoms with Gasteiger partial charge in [0.2, 0.25) is 11.8 Å². The Kier molecular flexibility index (Phi) is 5.49. The van der Waals surface area contributed by atoms with E-state index in [0.717, 1.165) is 22.0 Å². The molecule has 198 valence electrons. The van der Waals surface area contributed by atoms with Gasteiger partial charge in [-0.3, -0.25) is 14.4 Å². The molecule has 0 unspecified atom stereocenters. The van der Waals surface area contributed by atoms with Crippen molar-refractivity contribution < 1.29 is 23.9 Å². The fourth-order valence-electron chi connectivity index (χ4n) is 6.61. The first-order chi connectivity index (χ1) is 19.5. The normalized spacial score (nSPS) is 22.8. The lowest BCUT2D eigenvalue weighted by Crippen LogP contribution is -2.48. The summed E-state index contributed by atoms with van der Waals surface area (Å²) in [6, 6.07) is 24.8. The number of fused-ring (bicyclic) bond motifs is 7. The van der Waals surface area contributed by atoms with Crippen molar-refractivity contribution in [2.24, 2.45) is 11.8 Å². The number of Topliss-reactive ketones (excluding diaryl/α,β-unsaturated/α-hetero) is 1. The standard InChI is InChI=1S/C33H26N2O5/c1-39-21-13-17-27(40-2)26(18-21)35-32(37)28-25-16-14-23-22-11-7-6-8-19(22)12-15-24(23)34(25)30(29(28)33(35)38)31(36)20-9-4-3-5-10-20/h3-18,25,28-30H,1-2H3/t25-,28-,29-,30+/m0/s1. The molecule has 3 aliphatic heterocycles. The summed E-state index contributed by atoms with van der Waals surface area (Å²) in [7, 11) is 3.01. The summed E-state index contributed by atoms with van der Waals surface area (Å²) in [5.74, 6) is -1.70. The van der Waals surface area contributed by atoms with Crippen molar-refractivity contribution in [2.75, 3.05) is 24.0 Å². The second kappa shape index (κ2) is 9.09. The largest absolute Gasteiger partial charge is 0.497 e. The Morgan fingerprint density at radius 1 is 0.775 bits per heavy atom. The van der Waals surface area contributed by atoms with E-state index in [0.29, 0.717) is 22.7 Å². The van der Waals surface area contributed by atoms with Gasteiger partial charge in [0, 0.05) is 22.9 Å². The SMILES string of the molecule is COc1ccc(OC)c(N2C(=O)[C@@H]3[C@H](C2=O)[C@H](C(=O)c2ccccc2)N2c4ccc5ccccc5c4C=C[C@@H]32)c1. The van der Waals surface area contributed by atoms with Crippen LogP contribution < -0.4 is 19.3 Å². The average Bonchev–Trinajstić information content (AvgIpc) is 3.48. The van der Waals surface area contributed by atoms with E-state index in [1.165, 1.54) is 19.1 Å². The van der Waals surface area contributed by atoms with Gasteiger partial charge >= 0.3 is 0 Å². The molecule has 2 fully saturated rings. The highest BCUT2D eigenvalue weighted by Crippen LogP contribution is 2.51. The quantitative estimate of drug-likeness (QED) is 0.263. The fourth-order valence-corrected chi connectivity index (χ4v) is 6.61. The summed E-state index contributed by atoms with van der Waals surface area (Å²) >= 11 is 0. The van der Waals surface area contributed by atoms with Crippen molar-refractivity contribution in [3.05, 3.63) is 102 Å². The molecule has 7 heteroatoms. The molecule has 0 aromatic heterocycles. The number of nitrogens with zero attached hydrogens (tertiary/aromatic N) is 2. The minimum absolute atomic E-state index is 0.187. The van der Waals surface area contributed by atoms with Crippen molar-refractivity contribution in [3.8, 4) is 11.5 Å². The van der Waals surface area contributed by atoms with Gasteiger partial charge in [-0.05, 0) is 29.0 Å². The van der Waals surface area contributed by atoms with E-state index in [2.05, 4.69) is 6.07 Å². The number of hydrogen-bond donors (Lipinski definition) is 0. The van der Waals surface area contributed by atoms with Crippen LogP contribution >= 0.6 is 0 Å². The van der Waals surface area contributed by atoms with Gasteiger partial charge in [-0.2, -0.15) is 0 Å². The predicted octanol–water partition coefficient (Wildman–Crippen LogP) is 5.13. The number of imide groups is 1. The zero-order chi connectivity index (χ0) is 27.5. The molecule has 2 saturated heterocycles. The average molecular weight is 531 g/mol. The molecule has 0 N–H and O–H groups in total. The number of amides is 2. The lowest BCUT2D eigenvalue weighted by atomic mass is 9.86. The molecule has 40 heavy (non-hydrogen) atoms. The molecule has 7 rings (SSSR count). The monoisotopic (exact) mass is 530 g/mol. The smallest absolute Gasteiger partial charge is 0.240 e. The predicted molar refractivity (Wildman–Crippen MR) is 153 cm³/mol. The van der Waals surface area contributed by atoms with Crippen molar-refractivity contribution in [1.82, 2.24) is 0 Å². The first-order valence-electron chi connectivity index (χ1n) is 13.2. The molecule has 0 radical (unpaired) electrons. The summed E-state index contributed by atoms with van der Waals surface area (Å²) < 4.78 is 10.9. The Morgan fingerprint density at radius 3 is 2.30 bits per heavy atom. The summed E-state index contributed by atoms with van der Waals surface area (Å²) in [6.45, 7) is 0. The lowest BCUT2D eigenvalue weighted by molar-refractivity contribution is -0.122. The number of ether oxygens (including phenoxy) is 2. The Balaban J connectivity index is 1.41. The van der Waals surface area contributed by atoms with Crippen LogP contribution in [0.4, 0.5) is 11.4 Å². The third-order valence-electron chi connectivity index (χ3n) is 8.37. The molecule has 0 spiro atoms. The van der Waals surface area contributed by atoms with Gasteiger partial charge in [0.25, 0.3) is 0 Å². The lowest BCUT2D eigenvalue weighted by Gasteiger charge is -2.37. The van der Waals surface area contributed by atoms with E-state index in [9.17, 15) is 14.4 Å². The highest BCUT2D eigenvalue weighted by molar-refractivity contribution is 6.26. The van der Waals surface area contributed by atoms with E-state index in [1.807, 2.05) is 65.6 Å². The van der Waals surface area contributed by atoms with E-state index in [4.69, 9.17) is 9.47 Å². The van der Waals surface area contributed by atoms with Gasteiger partial charge in [0.05, 0.1) is 37.8 Å². The van der Waals surface area contributed by atoms with Crippen LogP contribution in [-0.2, 0) is 9.59 Å². The zero-order valence-corrected chi connectivity index (χ0v) is 22.0. The van der Waals surface area contributed by atoms with Gasteiger partial charge in [-0.15, -0.1) is 0 Å². The zero-order valence-electron chi connectivity index (χ0n) is 22.0. The Hall–Kier alpha value is -4.91. The molecule has 3 heterocycles. The number of anilines is 2. The molecule has 0 saturated carbocycles. The fraction of sp³-hybridized carbons (Fsp3) is 0.182. The van der Waals surface area contributed by atoms with Gasteiger partial charge in [-0.25, -0.2) is 4.90 Å². The van der Waals surface area contributed by atoms with Gasteiger partial charge in [0.1, 0.15) is 17.5 Å². The summed E-state index contributed by atoms with van der Waals surface area (Å²) in [4.78, 5) is 45.9. The molecule has 2 amide bonds. The van der Waals surface area contributed by atoms with E-state index >= 15 is 0 Å². The Morgan fingerprint density at radius 2 is 1.52 bits per heavy atom. The minimum atomic E-state index is -0.872. The van der Waals surface area contributed by atoms with Crippen LogP contribution in [0.1, 0.15) is 15.9 Å². The van der Waals surface area contributed by atoms with Crippen LogP contribution in [0.25, 0.3) is 16.8 Å².